The molecule has 0 aromatic carbocycles. The SMILES string of the molecule is CCCC(=O)C1=C(O)CC(C(=O)OCC)CC1=O. The Hall–Kier alpha value is -1.65. The minimum Gasteiger partial charge on any atom is -0.511 e. The lowest BCUT2D eigenvalue weighted by atomic mass is 9.84. The molecule has 0 amide bonds. The molecule has 1 N–H and O–H groups in total. The molecule has 18 heavy (non-hydrogen) atoms. The highest BCUT2D eigenvalue weighted by Crippen LogP contribution is 2.27. The summed E-state index contributed by atoms with van der Waals surface area (Å²) in [5.74, 6) is -2.25. The van der Waals surface area contributed by atoms with Crippen molar-refractivity contribution in [2.24, 2.45) is 5.92 Å². The summed E-state index contributed by atoms with van der Waals surface area (Å²) in [4.78, 5) is 35.0. The van der Waals surface area contributed by atoms with Gasteiger partial charge in [-0.05, 0) is 13.3 Å². The first kappa shape index (κ1) is 14.4. The monoisotopic (exact) mass is 254 g/mol. The van der Waals surface area contributed by atoms with Gasteiger partial charge in [-0.25, -0.2) is 0 Å². The van der Waals surface area contributed by atoms with E-state index < -0.39 is 17.7 Å². The Kier molecular flexibility index (Phi) is 5.07. The number of carbonyl (C=O) groups is 3. The zero-order valence-corrected chi connectivity index (χ0v) is 10.7. The van der Waals surface area contributed by atoms with Gasteiger partial charge in [0.1, 0.15) is 5.76 Å². The molecule has 1 aliphatic rings. The maximum atomic E-state index is 11.8. The van der Waals surface area contributed by atoms with Crippen molar-refractivity contribution in [3.8, 4) is 0 Å². The molecule has 100 valence electrons. The molecular formula is C13H18O5. The summed E-state index contributed by atoms with van der Waals surface area (Å²) in [6.45, 7) is 3.73. The van der Waals surface area contributed by atoms with E-state index in [1.54, 1.807) is 6.92 Å². The highest BCUT2D eigenvalue weighted by Gasteiger charge is 2.35. The van der Waals surface area contributed by atoms with Crippen LogP contribution in [0.15, 0.2) is 11.3 Å². The highest BCUT2D eigenvalue weighted by atomic mass is 16.5. The van der Waals surface area contributed by atoms with Gasteiger partial charge in [0.05, 0.1) is 18.1 Å². The molecule has 5 heteroatoms. The van der Waals surface area contributed by atoms with E-state index in [1.165, 1.54) is 0 Å². The van der Waals surface area contributed by atoms with Crippen molar-refractivity contribution in [1.82, 2.24) is 0 Å². The molecule has 0 aromatic rings. The minimum absolute atomic E-state index is 0.00929. The summed E-state index contributed by atoms with van der Waals surface area (Å²) < 4.78 is 4.81. The van der Waals surface area contributed by atoms with Crippen molar-refractivity contribution in [3.05, 3.63) is 11.3 Å². The predicted molar refractivity (Wildman–Crippen MR) is 63.9 cm³/mol. The molecule has 0 heterocycles. The zero-order valence-electron chi connectivity index (χ0n) is 10.7. The van der Waals surface area contributed by atoms with Gasteiger partial charge in [0.2, 0.25) is 0 Å². The van der Waals surface area contributed by atoms with Crippen LogP contribution in [-0.2, 0) is 19.1 Å². The fourth-order valence-electron chi connectivity index (χ4n) is 1.99. The van der Waals surface area contributed by atoms with E-state index in [4.69, 9.17) is 4.74 Å². The number of aliphatic hydroxyl groups excluding tert-OH is 1. The van der Waals surface area contributed by atoms with Crippen molar-refractivity contribution < 1.29 is 24.2 Å². The highest BCUT2D eigenvalue weighted by molar-refractivity contribution is 6.21. The maximum Gasteiger partial charge on any atom is 0.309 e. The number of hydrogen-bond acceptors (Lipinski definition) is 5. The summed E-state index contributed by atoms with van der Waals surface area (Å²) in [6.07, 6.45) is 0.794. The van der Waals surface area contributed by atoms with Crippen LogP contribution in [0.2, 0.25) is 0 Å². The van der Waals surface area contributed by atoms with E-state index >= 15 is 0 Å². The third-order valence-corrected chi connectivity index (χ3v) is 2.81. The number of allylic oxidation sites excluding steroid dienone is 2. The molecule has 1 aliphatic carbocycles. The molecule has 1 rings (SSSR count). The number of ether oxygens (including phenoxy) is 1. The largest absolute Gasteiger partial charge is 0.511 e. The second-order valence-corrected chi connectivity index (χ2v) is 4.28. The van der Waals surface area contributed by atoms with E-state index in [0.29, 0.717) is 6.42 Å². The number of carbonyl (C=O) groups excluding carboxylic acids is 3. The van der Waals surface area contributed by atoms with Crippen molar-refractivity contribution in [3.63, 3.8) is 0 Å². The molecular weight excluding hydrogens is 236 g/mol. The first-order chi connectivity index (χ1) is 8.51. The summed E-state index contributed by atoms with van der Waals surface area (Å²) in [7, 11) is 0. The Labute approximate surface area is 106 Å². The molecule has 0 bridgehead atoms. The average Bonchev–Trinajstić information content (AvgIpc) is 2.28. The molecule has 0 saturated heterocycles. The van der Waals surface area contributed by atoms with Crippen molar-refractivity contribution in [2.45, 2.75) is 39.5 Å². The van der Waals surface area contributed by atoms with Gasteiger partial charge in [0.25, 0.3) is 0 Å². The molecule has 0 saturated carbocycles. The van der Waals surface area contributed by atoms with Crippen LogP contribution in [0.25, 0.3) is 0 Å². The zero-order chi connectivity index (χ0) is 13.7. The van der Waals surface area contributed by atoms with Gasteiger partial charge in [-0.2, -0.15) is 0 Å². The lowest BCUT2D eigenvalue weighted by Gasteiger charge is -2.21. The Morgan fingerprint density at radius 3 is 2.50 bits per heavy atom. The maximum absolute atomic E-state index is 11.8. The normalized spacial score (nSPS) is 19.9. The molecule has 0 aliphatic heterocycles. The van der Waals surface area contributed by atoms with Crippen LogP contribution in [0.4, 0.5) is 0 Å². The summed E-state index contributed by atoms with van der Waals surface area (Å²) in [5, 5.41) is 9.75. The quantitative estimate of drug-likeness (QED) is 0.596. The molecule has 0 spiro atoms. The molecule has 1 atom stereocenters. The van der Waals surface area contributed by atoms with Crippen molar-refractivity contribution in [2.75, 3.05) is 6.61 Å². The van der Waals surface area contributed by atoms with Crippen LogP contribution < -0.4 is 0 Å². The standard InChI is InChI=1S/C13H18O5/c1-3-5-9(14)12-10(15)6-8(7-11(12)16)13(17)18-4-2/h8,15H,3-7H2,1-2H3. The first-order valence-corrected chi connectivity index (χ1v) is 6.16. The third kappa shape index (κ3) is 3.18. The Morgan fingerprint density at radius 1 is 1.33 bits per heavy atom. The second-order valence-electron chi connectivity index (χ2n) is 4.28. The molecule has 0 aromatic heterocycles. The Balaban J connectivity index is 2.84. The van der Waals surface area contributed by atoms with Crippen LogP contribution >= 0.6 is 0 Å². The van der Waals surface area contributed by atoms with Crippen molar-refractivity contribution in [1.29, 1.82) is 0 Å². The lowest BCUT2D eigenvalue weighted by molar-refractivity contribution is -0.150. The topological polar surface area (TPSA) is 80.7 Å². The average molecular weight is 254 g/mol. The van der Waals surface area contributed by atoms with Crippen LogP contribution in [-0.4, -0.2) is 29.2 Å². The number of ketones is 2. The van der Waals surface area contributed by atoms with Gasteiger partial charge in [0, 0.05) is 19.3 Å². The fourth-order valence-corrected chi connectivity index (χ4v) is 1.99. The van der Waals surface area contributed by atoms with E-state index in [0.717, 1.165) is 0 Å². The predicted octanol–water partition coefficient (Wildman–Crippen LogP) is 1.71. The van der Waals surface area contributed by atoms with Gasteiger partial charge in [-0.1, -0.05) is 6.92 Å². The van der Waals surface area contributed by atoms with E-state index in [2.05, 4.69) is 0 Å². The summed E-state index contributed by atoms with van der Waals surface area (Å²) in [5.41, 5.74) is -0.127. The first-order valence-electron chi connectivity index (χ1n) is 6.16. The van der Waals surface area contributed by atoms with Gasteiger partial charge in [-0.3, -0.25) is 14.4 Å². The second kappa shape index (κ2) is 6.33. The molecule has 0 fully saturated rings. The summed E-state index contributed by atoms with van der Waals surface area (Å²) >= 11 is 0. The van der Waals surface area contributed by atoms with Crippen LogP contribution in [0, 0.1) is 5.92 Å². The van der Waals surface area contributed by atoms with E-state index in [1.807, 2.05) is 6.92 Å². The van der Waals surface area contributed by atoms with Crippen LogP contribution in [0.1, 0.15) is 39.5 Å². The van der Waals surface area contributed by atoms with Gasteiger partial charge in [-0.15, -0.1) is 0 Å². The van der Waals surface area contributed by atoms with Crippen molar-refractivity contribution >= 4 is 17.5 Å². The van der Waals surface area contributed by atoms with Gasteiger partial charge < -0.3 is 9.84 Å². The lowest BCUT2D eigenvalue weighted by Crippen LogP contribution is -2.29. The fraction of sp³-hybridized carbons (Fsp3) is 0.615. The van der Waals surface area contributed by atoms with Crippen LogP contribution in [0.5, 0.6) is 0 Å². The molecule has 1 unspecified atom stereocenters. The van der Waals surface area contributed by atoms with Crippen LogP contribution in [0.3, 0.4) is 0 Å². The van der Waals surface area contributed by atoms with Gasteiger partial charge >= 0.3 is 5.97 Å². The Morgan fingerprint density at radius 2 is 2.00 bits per heavy atom. The molecule has 5 nitrogen and oxygen atoms in total. The Bertz CT molecular complexity index is 394. The number of aliphatic hydroxyl groups is 1. The minimum atomic E-state index is -0.671. The number of hydrogen-bond donors (Lipinski definition) is 1. The molecule has 0 radical (unpaired) electrons. The number of esters is 1. The smallest absolute Gasteiger partial charge is 0.309 e. The van der Waals surface area contributed by atoms with E-state index in [-0.39, 0.29) is 43.0 Å². The third-order valence-electron chi connectivity index (χ3n) is 2.81. The van der Waals surface area contributed by atoms with Gasteiger partial charge in [0.15, 0.2) is 11.6 Å². The van der Waals surface area contributed by atoms with E-state index in [9.17, 15) is 19.5 Å². The summed E-state index contributed by atoms with van der Waals surface area (Å²) in [6, 6.07) is 0. The number of Topliss-reactive ketones (excluding diaryl/α,β-unsaturated/α-hetero) is 2. The number of rotatable bonds is 5.